The van der Waals surface area contributed by atoms with Crippen molar-refractivity contribution in [2.24, 2.45) is 0 Å². The maximum Gasteiger partial charge on any atom is 0.238 e. The molecule has 30 aromatic rings. The molecule has 14 nitrogen and oxygen atoms in total. The van der Waals surface area contributed by atoms with Crippen LogP contribution in [0.25, 0.3) is 243 Å². The van der Waals surface area contributed by atoms with Crippen LogP contribution in [0.2, 0.25) is 5.28 Å². The molecule has 0 unspecified atom stereocenters. The summed E-state index contributed by atoms with van der Waals surface area (Å²) in [4.78, 5) is 42.6. The Morgan fingerprint density at radius 3 is 0.694 bits per heavy atom. The Kier molecular flexibility index (Phi) is 24.1. The van der Waals surface area contributed by atoms with Gasteiger partial charge in [0.05, 0.1) is 66.2 Å². The lowest BCUT2D eigenvalue weighted by Gasteiger charge is -2.13. The number of hydrogen-bond donors (Lipinski definition) is 4. The minimum atomic E-state index is 0. The number of rotatable bonds is 8. The molecule has 0 fully saturated rings. The molecule has 10 heterocycles. The molecule has 0 aliphatic rings. The van der Waals surface area contributed by atoms with Gasteiger partial charge in [-0.3, -0.25) is 4.57 Å². The summed E-state index contributed by atoms with van der Waals surface area (Å²) in [5.41, 5.74) is 26.1. The van der Waals surface area contributed by atoms with E-state index in [1.165, 1.54) is 153 Å². The number of hydrogen-bond acceptors (Lipinski definition) is 6. The third-order valence-corrected chi connectivity index (χ3v) is 27.3. The summed E-state index contributed by atoms with van der Waals surface area (Å²) in [6.45, 7) is 0. The molecule has 20 aromatic carbocycles. The van der Waals surface area contributed by atoms with E-state index in [1.807, 2.05) is 152 Å². The van der Waals surface area contributed by atoms with Crippen molar-refractivity contribution in [3.05, 3.63) is 495 Å². The third-order valence-electron chi connectivity index (χ3n) is 26.6. The molecule has 0 bridgehead atoms. The summed E-state index contributed by atoms with van der Waals surface area (Å²) >= 11 is 9.30. The molecule has 30 rings (SSSR count). The van der Waals surface area contributed by atoms with Crippen LogP contribution in [-0.2, 0) is 0 Å². The van der Waals surface area contributed by atoms with Gasteiger partial charge in [-0.05, 0) is 109 Å². The zero-order chi connectivity index (χ0) is 94.5. The van der Waals surface area contributed by atoms with Gasteiger partial charge in [-0.2, -0.15) is 19.9 Å². The zero-order valence-corrected chi connectivity index (χ0v) is 78.8. The molecule has 0 saturated carbocycles. The summed E-state index contributed by atoms with van der Waals surface area (Å²) in [5.74, 6) is 3.02. The highest BCUT2D eigenvalue weighted by molar-refractivity contribution is 9.10. The summed E-state index contributed by atoms with van der Waals surface area (Å²) in [6.07, 6.45) is 0. The molecule has 0 aliphatic heterocycles. The van der Waals surface area contributed by atoms with Gasteiger partial charge in [0.15, 0.2) is 23.3 Å². The maximum atomic E-state index is 5.99. The van der Waals surface area contributed by atoms with Gasteiger partial charge in [-0.1, -0.05) is 419 Å². The van der Waals surface area contributed by atoms with Crippen LogP contribution < -0.4 is 0 Å². The molecule has 0 radical (unpaired) electrons. The highest BCUT2D eigenvalue weighted by Gasteiger charge is 2.26. The quantitative estimate of drug-likeness (QED) is 0.118. The molecule has 0 amide bonds. The molecule has 688 valence electrons. The van der Waals surface area contributed by atoms with Gasteiger partial charge in [0.25, 0.3) is 0 Å². The molecule has 0 atom stereocenters. The first kappa shape index (κ1) is 89.5. The number of nitrogens with zero attached hydrogens (tertiary/aromatic N) is 10. The minimum Gasteiger partial charge on any atom is -0.353 e. The van der Waals surface area contributed by atoms with Crippen molar-refractivity contribution in [3.8, 4) is 68.6 Å². The van der Waals surface area contributed by atoms with Crippen molar-refractivity contribution >= 4 is 202 Å². The molecule has 0 aliphatic carbocycles. The van der Waals surface area contributed by atoms with Crippen molar-refractivity contribution < 1.29 is 0 Å². The van der Waals surface area contributed by atoms with Crippen molar-refractivity contribution in [2.45, 2.75) is 14.9 Å². The fraction of sp³-hybridized carbons (Fsp3) is 0.0156. The monoisotopic (exact) mass is 1940 g/mol. The number of benzene rings is 20. The first-order chi connectivity index (χ1) is 70.3. The van der Waals surface area contributed by atoms with Gasteiger partial charge in [0.1, 0.15) is 0 Å². The normalized spacial score (nSPS) is 11.3. The Hall–Kier alpha value is -18.4. The number of para-hydroxylation sites is 11. The fourth-order valence-corrected chi connectivity index (χ4v) is 20.8. The Labute approximate surface area is 842 Å². The number of nitrogens with one attached hydrogen (secondary N) is 4. The average molecular weight is 1940 g/mol. The number of halogens is 2. The van der Waals surface area contributed by atoms with Crippen molar-refractivity contribution in [2.75, 3.05) is 0 Å². The van der Waals surface area contributed by atoms with Crippen molar-refractivity contribution in [3.63, 3.8) is 0 Å². The Morgan fingerprint density at radius 1 is 0.181 bits per heavy atom. The highest BCUT2D eigenvalue weighted by atomic mass is 79.9. The van der Waals surface area contributed by atoms with Crippen LogP contribution in [0.1, 0.15) is 14.9 Å². The number of aromatic amines is 4. The van der Waals surface area contributed by atoms with Crippen molar-refractivity contribution in [1.29, 1.82) is 0 Å². The second kappa shape index (κ2) is 38.8. The molecule has 0 saturated heterocycles. The molecular weight excluding hydrogens is 1850 g/mol. The van der Waals surface area contributed by atoms with E-state index < -0.39 is 0 Å². The van der Waals surface area contributed by atoms with E-state index in [1.54, 1.807) is 0 Å². The standard InChI is InChI=1S/C39H25N5.2C24H16N2.C18H12N2.C15H10ClN3.C6H5Br.2CH4/c1-4-14-26(15-5-1)37-40-38(27-16-6-2-7-17-27)42-39(41-37)44-34-23-13-11-21-30(34)32-25-24-31-29-20-10-12-22-33(29)43(35(31)36(32)44)28-18-8-3-9-19-28;2*1-2-8-16(9-3-1)26-22-13-7-5-11-18(22)20-15-14-19-17-10-4-6-12-21(17)25-23(19)24(20)26;1-3-7-15-11(5-1)13-9-10-14-12-6-2-4-8-16(12)20-18(14)17(13)19-15;16-15-18-13(11-7-3-1-4-8-11)17-14(19-15)12-9-5-2-6-10-12;7-6-4-2-1-3-5-6;;/h1-25H;2*1-15,25H;1-10,19-20H;1-10H;1-5H;2*1H4. The van der Waals surface area contributed by atoms with Gasteiger partial charge in [0.2, 0.25) is 11.2 Å². The number of fused-ring (bicyclic) bond motifs is 28. The van der Waals surface area contributed by atoms with Gasteiger partial charge >= 0.3 is 0 Å². The molecular formula is C128H92BrClN14. The smallest absolute Gasteiger partial charge is 0.238 e. The summed E-state index contributed by atoms with van der Waals surface area (Å²) in [7, 11) is 0. The average Bonchev–Trinajstić information content (AvgIpc) is 1.55. The molecule has 144 heavy (non-hydrogen) atoms. The lowest BCUT2D eigenvalue weighted by atomic mass is 10.1. The second-order valence-electron chi connectivity index (χ2n) is 34.9. The highest BCUT2D eigenvalue weighted by Crippen LogP contribution is 2.46. The zero-order valence-electron chi connectivity index (χ0n) is 76.4. The molecule has 0 spiro atoms. The van der Waals surface area contributed by atoms with Crippen LogP contribution in [-0.4, -0.2) is 68.1 Å². The Balaban J connectivity index is 0.000000101. The van der Waals surface area contributed by atoms with Crippen LogP contribution in [0.5, 0.6) is 0 Å². The molecule has 10 aromatic heterocycles. The van der Waals surface area contributed by atoms with Gasteiger partial charge in [-0.25, -0.2) is 9.97 Å². The van der Waals surface area contributed by atoms with Crippen LogP contribution in [0.15, 0.2) is 490 Å². The summed E-state index contributed by atoms with van der Waals surface area (Å²) in [6, 6.07) is 168. The predicted octanol–water partition coefficient (Wildman–Crippen LogP) is 34.8. The number of aromatic nitrogens is 14. The van der Waals surface area contributed by atoms with E-state index in [-0.39, 0.29) is 20.1 Å². The second-order valence-corrected chi connectivity index (χ2v) is 36.2. The van der Waals surface area contributed by atoms with Crippen LogP contribution in [0.3, 0.4) is 0 Å². The first-order valence-corrected chi connectivity index (χ1v) is 48.5. The maximum absolute atomic E-state index is 5.99. The fourth-order valence-electron chi connectivity index (χ4n) is 20.3. The van der Waals surface area contributed by atoms with Crippen LogP contribution in [0.4, 0.5) is 0 Å². The third kappa shape index (κ3) is 16.3. The van der Waals surface area contributed by atoms with E-state index in [4.69, 9.17) is 26.6 Å². The van der Waals surface area contributed by atoms with Gasteiger partial charge < -0.3 is 33.6 Å². The Morgan fingerprint density at radius 2 is 0.396 bits per heavy atom. The van der Waals surface area contributed by atoms with E-state index in [9.17, 15) is 0 Å². The number of H-pyrrole nitrogens is 4. The van der Waals surface area contributed by atoms with E-state index in [2.05, 4.69) is 403 Å². The summed E-state index contributed by atoms with van der Waals surface area (Å²) in [5, 5.41) is 20.2. The van der Waals surface area contributed by atoms with Gasteiger partial charge in [-0.15, -0.1) is 0 Å². The van der Waals surface area contributed by atoms with E-state index in [0.29, 0.717) is 29.2 Å². The SMILES string of the molecule is Brc1ccccc1.C.C.Clc1nc(-c2ccccc2)nc(-c2ccccc2)n1.c1ccc(-c2nc(-c3ccccc3)nc(-n3c4ccccc4c4ccc5c6ccccc6n(-c6ccccc6)c5c43)n2)cc1.c1ccc(-n2c3ccccc3c3ccc4c5ccccc5[nH]c4c32)cc1.c1ccc(-n2c3ccccc3c3ccc4c5ccccc5[nH]c4c32)cc1.c1ccc2c(c1)[nH]c1c2ccc2c3ccccc3[nH]c21. The van der Waals surface area contributed by atoms with Crippen LogP contribution in [0, 0.1) is 0 Å². The van der Waals surface area contributed by atoms with E-state index in [0.717, 1.165) is 65.3 Å². The largest absolute Gasteiger partial charge is 0.353 e. The lowest BCUT2D eigenvalue weighted by Crippen LogP contribution is -2.07. The first-order valence-electron chi connectivity index (χ1n) is 47.3. The Bertz CT molecular complexity index is 9520. The minimum absolute atomic E-state index is 0. The molecule has 4 N–H and O–H groups in total. The van der Waals surface area contributed by atoms with E-state index >= 15 is 0 Å². The topological polar surface area (TPSA) is 160 Å². The molecule has 16 heteroatoms. The van der Waals surface area contributed by atoms with Crippen LogP contribution >= 0.6 is 27.5 Å². The lowest BCUT2D eigenvalue weighted by molar-refractivity contribution is 0.953. The predicted molar refractivity (Wildman–Crippen MR) is 608 cm³/mol. The van der Waals surface area contributed by atoms with Gasteiger partial charge in [0, 0.05) is 152 Å². The van der Waals surface area contributed by atoms with Crippen molar-refractivity contribution in [1.82, 2.24) is 68.1 Å². The summed E-state index contributed by atoms with van der Waals surface area (Å²) < 4.78 is 10.5.